The second-order valence-corrected chi connectivity index (χ2v) is 5.64. The number of amides is 1. The number of anilines is 3. The van der Waals surface area contributed by atoms with Crippen molar-refractivity contribution in [2.45, 2.75) is 0 Å². The summed E-state index contributed by atoms with van der Waals surface area (Å²) in [4.78, 5) is 15.7. The van der Waals surface area contributed by atoms with Gasteiger partial charge in [0, 0.05) is 17.3 Å². The van der Waals surface area contributed by atoms with Gasteiger partial charge in [0.1, 0.15) is 17.3 Å². The summed E-state index contributed by atoms with van der Waals surface area (Å²) in [5.74, 6) is 3.26. The first-order valence-electron chi connectivity index (χ1n) is 7.67. The minimum absolute atomic E-state index is 0.523. The molecule has 0 spiro atoms. The van der Waals surface area contributed by atoms with E-state index in [1.807, 2.05) is 24.1 Å². The fourth-order valence-corrected chi connectivity index (χ4v) is 2.39. The molecule has 2 aromatic carbocycles. The van der Waals surface area contributed by atoms with Gasteiger partial charge >= 0.3 is 0 Å². The first-order chi connectivity index (χ1) is 12.6. The summed E-state index contributed by atoms with van der Waals surface area (Å²) in [5.41, 5.74) is 1.21. The van der Waals surface area contributed by atoms with Gasteiger partial charge in [-0.2, -0.15) is 0 Å². The van der Waals surface area contributed by atoms with Crippen molar-refractivity contribution in [2.24, 2.45) is 0 Å². The Balaban J connectivity index is 1.79. The van der Waals surface area contributed by atoms with Crippen LogP contribution in [0.5, 0.6) is 11.5 Å². The van der Waals surface area contributed by atoms with E-state index in [0.717, 1.165) is 0 Å². The number of benzene rings is 2. The van der Waals surface area contributed by atoms with E-state index in [1.54, 1.807) is 48.7 Å². The van der Waals surface area contributed by atoms with Crippen molar-refractivity contribution in [2.75, 3.05) is 10.6 Å². The molecule has 0 aliphatic rings. The van der Waals surface area contributed by atoms with Crippen molar-refractivity contribution in [3.63, 3.8) is 0 Å². The molecule has 3 rings (SSSR count). The number of hydrogen-bond donors (Lipinski definition) is 2. The van der Waals surface area contributed by atoms with Gasteiger partial charge in [0.25, 0.3) is 5.91 Å². The van der Waals surface area contributed by atoms with Crippen LogP contribution in [0.25, 0.3) is 0 Å². The molecule has 1 aromatic heterocycles. The van der Waals surface area contributed by atoms with Crippen LogP contribution in [-0.2, 0) is 4.79 Å². The summed E-state index contributed by atoms with van der Waals surface area (Å²) in [6, 6.07) is 17.8. The lowest BCUT2D eigenvalue weighted by atomic mass is 10.2. The van der Waals surface area contributed by atoms with Crippen molar-refractivity contribution < 1.29 is 9.53 Å². The van der Waals surface area contributed by atoms with Crippen molar-refractivity contribution in [3.8, 4) is 23.8 Å². The van der Waals surface area contributed by atoms with Crippen LogP contribution >= 0.6 is 11.6 Å². The Hall–Kier alpha value is -3.49. The van der Waals surface area contributed by atoms with Crippen LogP contribution in [0, 0.1) is 12.3 Å². The van der Waals surface area contributed by atoms with Crippen LogP contribution in [0.1, 0.15) is 0 Å². The first-order valence-corrected chi connectivity index (χ1v) is 8.05. The Morgan fingerprint density at radius 3 is 2.58 bits per heavy atom. The Labute approximate surface area is 156 Å². The summed E-state index contributed by atoms with van der Waals surface area (Å²) in [6.07, 6.45) is 6.72. The topological polar surface area (TPSA) is 63.2 Å². The molecule has 0 saturated heterocycles. The van der Waals surface area contributed by atoms with Crippen molar-refractivity contribution in [1.82, 2.24) is 4.98 Å². The highest BCUT2D eigenvalue weighted by Crippen LogP contribution is 2.28. The molecule has 26 heavy (non-hydrogen) atoms. The van der Waals surface area contributed by atoms with Gasteiger partial charge < -0.3 is 15.4 Å². The zero-order valence-electron chi connectivity index (χ0n) is 13.6. The maximum Gasteiger partial charge on any atom is 0.300 e. The van der Waals surface area contributed by atoms with Gasteiger partial charge in [-0.25, -0.2) is 4.98 Å². The highest BCUT2D eigenvalue weighted by Gasteiger charge is 2.07. The predicted molar refractivity (Wildman–Crippen MR) is 103 cm³/mol. The third kappa shape index (κ3) is 4.53. The zero-order chi connectivity index (χ0) is 18.4. The van der Waals surface area contributed by atoms with Gasteiger partial charge in [-0.15, -0.1) is 6.42 Å². The molecule has 0 unspecified atom stereocenters. The standard InChI is InChI=1S/C20H14ClN3O2/c1-2-20(25)24-18-9-4-3-8-17(18)23-19-13-16(10-11-22-19)26-15-7-5-6-14(21)12-15/h1,3-13H,(H,22,23)(H,24,25). The van der Waals surface area contributed by atoms with Crippen LogP contribution in [-0.4, -0.2) is 10.9 Å². The molecule has 5 nitrogen and oxygen atoms in total. The van der Waals surface area contributed by atoms with E-state index in [9.17, 15) is 4.79 Å². The summed E-state index contributed by atoms with van der Waals surface area (Å²) < 4.78 is 5.79. The molecule has 0 radical (unpaired) electrons. The number of nitrogens with one attached hydrogen (secondary N) is 2. The maximum absolute atomic E-state index is 11.4. The quantitative estimate of drug-likeness (QED) is 0.636. The van der Waals surface area contributed by atoms with E-state index in [4.69, 9.17) is 22.8 Å². The normalized spacial score (nSPS) is 9.85. The fraction of sp³-hybridized carbons (Fsp3) is 0. The molecule has 2 N–H and O–H groups in total. The summed E-state index contributed by atoms with van der Waals surface area (Å²) in [7, 11) is 0. The number of pyridine rings is 1. The molecule has 0 saturated carbocycles. The van der Waals surface area contributed by atoms with Gasteiger partial charge in [0.2, 0.25) is 0 Å². The number of hydrogen-bond acceptors (Lipinski definition) is 4. The summed E-state index contributed by atoms with van der Waals surface area (Å²) >= 11 is 5.97. The van der Waals surface area contributed by atoms with Crippen LogP contribution in [0.3, 0.4) is 0 Å². The average Bonchev–Trinajstić information content (AvgIpc) is 2.63. The van der Waals surface area contributed by atoms with Gasteiger partial charge in [0.05, 0.1) is 11.4 Å². The second kappa shape index (κ2) is 8.06. The Morgan fingerprint density at radius 1 is 1.04 bits per heavy atom. The molecule has 0 fully saturated rings. The van der Waals surface area contributed by atoms with E-state index < -0.39 is 5.91 Å². The minimum atomic E-state index is -0.523. The van der Waals surface area contributed by atoms with Crippen molar-refractivity contribution in [3.05, 3.63) is 71.9 Å². The first kappa shape index (κ1) is 17.3. The number of carbonyl (C=O) groups is 1. The number of para-hydroxylation sites is 2. The Morgan fingerprint density at radius 2 is 1.81 bits per heavy atom. The number of aromatic nitrogens is 1. The molecule has 3 aromatic rings. The van der Waals surface area contributed by atoms with E-state index in [-0.39, 0.29) is 0 Å². The summed E-state index contributed by atoms with van der Waals surface area (Å²) in [6.45, 7) is 0. The number of carbonyl (C=O) groups excluding carboxylic acids is 1. The maximum atomic E-state index is 11.4. The number of rotatable bonds is 5. The van der Waals surface area contributed by atoms with E-state index >= 15 is 0 Å². The minimum Gasteiger partial charge on any atom is -0.457 e. The lowest BCUT2D eigenvalue weighted by Gasteiger charge is -2.12. The molecule has 0 atom stereocenters. The third-order valence-electron chi connectivity index (χ3n) is 3.33. The number of ether oxygens (including phenoxy) is 1. The average molecular weight is 364 g/mol. The van der Waals surface area contributed by atoms with Crippen LogP contribution in [0.4, 0.5) is 17.2 Å². The number of nitrogens with zero attached hydrogens (tertiary/aromatic N) is 1. The lowest BCUT2D eigenvalue weighted by molar-refractivity contribution is -0.111. The van der Waals surface area contributed by atoms with Gasteiger partial charge in [-0.05, 0) is 42.3 Å². The van der Waals surface area contributed by atoms with Gasteiger partial charge in [-0.3, -0.25) is 4.79 Å². The van der Waals surface area contributed by atoms with Crippen LogP contribution in [0.15, 0.2) is 66.9 Å². The SMILES string of the molecule is C#CC(=O)Nc1ccccc1Nc1cc(Oc2cccc(Cl)c2)ccn1. The van der Waals surface area contributed by atoms with E-state index in [2.05, 4.69) is 15.6 Å². The molecule has 128 valence electrons. The molecule has 0 bridgehead atoms. The molecule has 1 amide bonds. The predicted octanol–water partition coefficient (Wildman–Crippen LogP) is 4.84. The largest absolute Gasteiger partial charge is 0.457 e. The van der Waals surface area contributed by atoms with E-state index in [1.165, 1.54) is 0 Å². The van der Waals surface area contributed by atoms with Crippen molar-refractivity contribution in [1.29, 1.82) is 0 Å². The highest BCUT2D eigenvalue weighted by atomic mass is 35.5. The molecular formula is C20H14ClN3O2. The number of halogens is 1. The third-order valence-corrected chi connectivity index (χ3v) is 3.57. The molecule has 6 heteroatoms. The Bertz CT molecular complexity index is 983. The zero-order valence-corrected chi connectivity index (χ0v) is 14.3. The molecular weight excluding hydrogens is 350 g/mol. The molecule has 0 aliphatic heterocycles. The monoisotopic (exact) mass is 363 g/mol. The molecule has 1 heterocycles. The Kier molecular flexibility index (Phi) is 5.37. The van der Waals surface area contributed by atoms with Crippen LogP contribution < -0.4 is 15.4 Å². The highest BCUT2D eigenvalue weighted by molar-refractivity contribution is 6.30. The summed E-state index contributed by atoms with van der Waals surface area (Å²) in [5, 5.41) is 6.36. The van der Waals surface area contributed by atoms with Gasteiger partial charge in [0.15, 0.2) is 0 Å². The van der Waals surface area contributed by atoms with Crippen molar-refractivity contribution >= 4 is 34.7 Å². The fourth-order valence-electron chi connectivity index (χ4n) is 2.21. The van der Waals surface area contributed by atoms with E-state index in [0.29, 0.717) is 33.7 Å². The second-order valence-electron chi connectivity index (χ2n) is 5.21. The number of terminal acetylenes is 1. The lowest BCUT2D eigenvalue weighted by Crippen LogP contribution is -2.09. The van der Waals surface area contributed by atoms with Crippen LogP contribution in [0.2, 0.25) is 5.02 Å². The molecule has 0 aliphatic carbocycles. The van der Waals surface area contributed by atoms with Gasteiger partial charge in [-0.1, -0.05) is 29.8 Å². The smallest absolute Gasteiger partial charge is 0.300 e.